The topological polar surface area (TPSA) is 237 Å². The summed E-state index contributed by atoms with van der Waals surface area (Å²) in [6, 6.07) is 0. The third-order valence-electron chi connectivity index (χ3n) is 16.0. The summed E-state index contributed by atoms with van der Waals surface area (Å²) in [7, 11) is -9.90. The molecule has 7 atom stereocenters. The van der Waals surface area contributed by atoms with Crippen LogP contribution >= 0.6 is 15.6 Å². The SMILES string of the molecule is CCC(C)CCCCCCCCC(=O)OC[C@H](COP(=O)(O)OC[C@H](O)COP(=O)(O)OC[C@@H](COC(=O)CCCCCCCCCCCC(C)C)OC(=O)CCCCCCCCC(C)CC)OC(=O)CCCCCCCCCCCCCC(C)C. The molecule has 86 heavy (non-hydrogen) atoms. The molecule has 0 fully saturated rings. The number of ether oxygens (including phenoxy) is 4. The van der Waals surface area contributed by atoms with Crippen LogP contribution in [0.1, 0.15) is 325 Å². The van der Waals surface area contributed by atoms with Crippen molar-refractivity contribution >= 4 is 39.5 Å². The number of carbonyl (C=O) groups excluding carboxylic acids is 4. The number of esters is 4. The number of phosphoric acid groups is 2. The van der Waals surface area contributed by atoms with Gasteiger partial charge < -0.3 is 33.8 Å². The van der Waals surface area contributed by atoms with Crippen LogP contribution in [0.3, 0.4) is 0 Å². The van der Waals surface area contributed by atoms with E-state index in [-0.39, 0.29) is 25.7 Å². The minimum Gasteiger partial charge on any atom is -0.462 e. The quantitative estimate of drug-likeness (QED) is 0.0222. The van der Waals surface area contributed by atoms with Crippen molar-refractivity contribution in [1.29, 1.82) is 0 Å². The molecule has 0 radical (unpaired) electrons. The van der Waals surface area contributed by atoms with E-state index in [1.54, 1.807) is 0 Å². The maximum atomic E-state index is 13.0. The van der Waals surface area contributed by atoms with E-state index in [0.717, 1.165) is 120 Å². The summed E-state index contributed by atoms with van der Waals surface area (Å²) < 4.78 is 68.1. The molecule has 17 nitrogen and oxygen atoms in total. The minimum atomic E-state index is -4.95. The van der Waals surface area contributed by atoms with Crippen molar-refractivity contribution in [3.05, 3.63) is 0 Å². The highest BCUT2D eigenvalue weighted by Gasteiger charge is 2.30. The lowest BCUT2D eigenvalue weighted by atomic mass is 10.00. The predicted molar refractivity (Wildman–Crippen MR) is 344 cm³/mol. The minimum absolute atomic E-state index is 0.102. The molecular weight excluding hydrogens is 1140 g/mol. The summed E-state index contributed by atoms with van der Waals surface area (Å²) in [5.41, 5.74) is 0. The fourth-order valence-electron chi connectivity index (χ4n) is 9.89. The molecule has 0 saturated heterocycles. The van der Waals surface area contributed by atoms with Gasteiger partial charge in [0.1, 0.15) is 19.3 Å². The molecule has 0 aliphatic heterocycles. The van der Waals surface area contributed by atoms with Gasteiger partial charge in [-0.05, 0) is 49.4 Å². The molecule has 4 unspecified atom stereocenters. The highest BCUT2D eigenvalue weighted by atomic mass is 31.2. The Hall–Kier alpha value is -1.94. The van der Waals surface area contributed by atoms with Gasteiger partial charge in [0.15, 0.2) is 12.2 Å². The van der Waals surface area contributed by atoms with Crippen LogP contribution in [0.5, 0.6) is 0 Å². The molecule has 19 heteroatoms. The van der Waals surface area contributed by atoms with Crippen LogP contribution < -0.4 is 0 Å². The summed E-state index contributed by atoms with van der Waals surface area (Å²) >= 11 is 0. The second kappa shape index (κ2) is 57.0. The molecule has 0 aliphatic carbocycles. The van der Waals surface area contributed by atoms with Gasteiger partial charge in [0, 0.05) is 25.7 Å². The Morgan fingerprint density at radius 3 is 0.826 bits per heavy atom. The van der Waals surface area contributed by atoms with Gasteiger partial charge in [-0.2, -0.15) is 0 Å². The Bertz CT molecular complexity index is 1720. The number of aliphatic hydroxyl groups excluding tert-OH is 1. The zero-order valence-electron chi connectivity index (χ0n) is 55.9. The van der Waals surface area contributed by atoms with Crippen LogP contribution in [0, 0.1) is 23.7 Å². The van der Waals surface area contributed by atoms with Crippen molar-refractivity contribution in [1.82, 2.24) is 0 Å². The number of aliphatic hydroxyl groups is 1. The molecular formula is C67H130O17P2. The molecule has 0 aliphatic rings. The second-order valence-electron chi connectivity index (χ2n) is 25.6. The van der Waals surface area contributed by atoms with Gasteiger partial charge in [-0.25, -0.2) is 9.13 Å². The van der Waals surface area contributed by atoms with E-state index in [9.17, 15) is 43.2 Å². The summed E-state index contributed by atoms with van der Waals surface area (Å²) in [5, 5.41) is 10.6. The molecule has 0 spiro atoms. The molecule has 0 aromatic heterocycles. The lowest BCUT2D eigenvalue weighted by Gasteiger charge is -2.21. The van der Waals surface area contributed by atoms with Crippen LogP contribution in [-0.4, -0.2) is 96.7 Å². The van der Waals surface area contributed by atoms with Gasteiger partial charge in [-0.1, -0.05) is 274 Å². The Balaban J connectivity index is 5.26. The number of rotatable bonds is 64. The molecule has 0 aromatic carbocycles. The standard InChI is InChI=1S/C67H130O17P2/c1-9-59(7)45-37-29-23-25-32-40-48-65(70)78-54-62(83-66(71)49-41-33-22-17-13-11-12-15-19-27-35-43-57(3)4)55-81-85(73,74)79-51-61(68)52-80-86(75,76)82-56-63(84-67(72)50-42-34-26-24-30-38-46-60(8)10-2)53-77-64(69)47-39-31-21-18-14-16-20-28-36-44-58(5)6/h57-63,68H,9-56H2,1-8H3,(H,73,74)(H,75,76)/t59?,60?,61-,62+,63+/m0/s1. The summed E-state index contributed by atoms with van der Waals surface area (Å²) in [6.45, 7) is 14.0. The largest absolute Gasteiger partial charge is 0.472 e. The highest BCUT2D eigenvalue weighted by Crippen LogP contribution is 2.45. The maximum Gasteiger partial charge on any atom is 0.472 e. The van der Waals surface area contributed by atoms with Crippen molar-refractivity contribution in [2.45, 2.75) is 343 Å². The van der Waals surface area contributed by atoms with E-state index in [1.807, 2.05) is 0 Å². The monoisotopic (exact) mass is 1270 g/mol. The normalized spacial score (nSPS) is 15.0. The predicted octanol–water partition coefficient (Wildman–Crippen LogP) is 18.5. The van der Waals surface area contributed by atoms with Gasteiger partial charge >= 0.3 is 39.5 Å². The first-order valence-electron chi connectivity index (χ1n) is 34.8. The van der Waals surface area contributed by atoms with E-state index in [1.165, 1.54) is 122 Å². The summed E-state index contributed by atoms with van der Waals surface area (Å²) in [6.07, 6.45) is 37.6. The Morgan fingerprint density at radius 1 is 0.326 bits per heavy atom. The molecule has 0 rings (SSSR count). The summed E-state index contributed by atoms with van der Waals surface area (Å²) in [4.78, 5) is 72.4. The first kappa shape index (κ1) is 84.1. The first-order chi connectivity index (χ1) is 41.2. The molecule has 510 valence electrons. The van der Waals surface area contributed by atoms with Crippen molar-refractivity contribution in [2.75, 3.05) is 39.6 Å². The Morgan fingerprint density at radius 2 is 0.558 bits per heavy atom. The average molecular weight is 1270 g/mol. The highest BCUT2D eigenvalue weighted by molar-refractivity contribution is 7.47. The first-order valence-corrected chi connectivity index (χ1v) is 37.8. The van der Waals surface area contributed by atoms with Crippen molar-refractivity contribution < 1.29 is 80.2 Å². The number of carbonyl (C=O) groups is 4. The number of hydrogen-bond donors (Lipinski definition) is 3. The number of unbranched alkanes of at least 4 members (excludes halogenated alkanes) is 28. The van der Waals surface area contributed by atoms with Crippen LogP contribution in [0.2, 0.25) is 0 Å². The van der Waals surface area contributed by atoms with E-state index in [0.29, 0.717) is 25.7 Å². The third-order valence-corrected chi connectivity index (χ3v) is 17.9. The lowest BCUT2D eigenvalue weighted by Crippen LogP contribution is -2.30. The molecule has 0 heterocycles. The molecule has 3 N–H and O–H groups in total. The molecule has 0 aromatic rings. The zero-order chi connectivity index (χ0) is 63.9. The second-order valence-corrected chi connectivity index (χ2v) is 28.6. The van der Waals surface area contributed by atoms with Crippen LogP contribution in [-0.2, 0) is 65.4 Å². The van der Waals surface area contributed by atoms with Crippen molar-refractivity contribution in [3.63, 3.8) is 0 Å². The number of phosphoric ester groups is 2. The molecule has 0 saturated carbocycles. The molecule has 0 bridgehead atoms. The fraction of sp³-hybridized carbons (Fsp3) is 0.940. The average Bonchev–Trinajstić information content (AvgIpc) is 3.68. The van der Waals surface area contributed by atoms with Gasteiger partial charge in [-0.15, -0.1) is 0 Å². The maximum absolute atomic E-state index is 13.0. The van der Waals surface area contributed by atoms with Crippen molar-refractivity contribution in [3.8, 4) is 0 Å². The summed E-state index contributed by atoms with van der Waals surface area (Å²) in [5.74, 6) is 0.823. The molecule has 0 amide bonds. The van der Waals surface area contributed by atoms with Gasteiger partial charge in [-0.3, -0.25) is 37.3 Å². The van der Waals surface area contributed by atoms with Crippen LogP contribution in [0.15, 0.2) is 0 Å². The lowest BCUT2D eigenvalue weighted by molar-refractivity contribution is -0.161. The van der Waals surface area contributed by atoms with Gasteiger partial charge in [0.2, 0.25) is 0 Å². The van der Waals surface area contributed by atoms with E-state index in [2.05, 4.69) is 55.4 Å². The van der Waals surface area contributed by atoms with Crippen LogP contribution in [0.25, 0.3) is 0 Å². The van der Waals surface area contributed by atoms with E-state index in [4.69, 9.17) is 37.0 Å². The van der Waals surface area contributed by atoms with Crippen LogP contribution in [0.4, 0.5) is 0 Å². The Kier molecular flexibility index (Phi) is 55.7. The zero-order valence-corrected chi connectivity index (χ0v) is 57.7. The van der Waals surface area contributed by atoms with Gasteiger partial charge in [0.25, 0.3) is 0 Å². The third kappa shape index (κ3) is 58.4. The van der Waals surface area contributed by atoms with E-state index < -0.39 is 97.5 Å². The number of hydrogen-bond acceptors (Lipinski definition) is 15. The fourth-order valence-corrected chi connectivity index (χ4v) is 11.5. The van der Waals surface area contributed by atoms with E-state index >= 15 is 0 Å². The van der Waals surface area contributed by atoms with Crippen molar-refractivity contribution in [2.24, 2.45) is 23.7 Å². The van der Waals surface area contributed by atoms with Gasteiger partial charge in [0.05, 0.1) is 26.4 Å². The smallest absolute Gasteiger partial charge is 0.462 e. The Labute approximate surface area is 524 Å².